The van der Waals surface area contributed by atoms with Crippen LogP contribution in [0, 0.1) is 0 Å². The smallest absolute Gasteiger partial charge is 0.296 e. The van der Waals surface area contributed by atoms with Crippen molar-refractivity contribution in [3.05, 3.63) is 65.2 Å². The lowest BCUT2D eigenvalue weighted by Crippen LogP contribution is -2.52. The summed E-state index contributed by atoms with van der Waals surface area (Å²) >= 11 is 0. The number of nitrogens with zero attached hydrogens (tertiary/aromatic N) is 3. The third-order valence-corrected chi connectivity index (χ3v) is 7.26. The lowest BCUT2D eigenvalue weighted by molar-refractivity contribution is -0.143. The Hall–Kier alpha value is -3.69. The molecule has 36 heavy (non-hydrogen) atoms. The number of aliphatic hydroxyl groups excluding tert-OH is 1. The van der Waals surface area contributed by atoms with Gasteiger partial charge in [0, 0.05) is 50.0 Å². The molecule has 3 aliphatic heterocycles. The summed E-state index contributed by atoms with van der Waals surface area (Å²) in [4.78, 5) is 46.0. The number of likely N-dealkylation sites (N-methyl/N-ethyl adjacent to an activating group) is 1. The van der Waals surface area contributed by atoms with Crippen molar-refractivity contribution in [1.82, 2.24) is 9.80 Å². The van der Waals surface area contributed by atoms with Gasteiger partial charge in [-0.3, -0.25) is 19.3 Å². The Bertz CT molecular complexity index is 1230. The molecule has 1 atom stereocenters. The van der Waals surface area contributed by atoms with E-state index in [4.69, 9.17) is 9.47 Å². The summed E-state index contributed by atoms with van der Waals surface area (Å²) in [5, 5.41) is 11.4. The highest BCUT2D eigenvalue weighted by atomic mass is 16.5. The number of rotatable bonds is 6. The topological polar surface area (TPSA) is 99.6 Å². The molecule has 0 saturated carbocycles. The summed E-state index contributed by atoms with van der Waals surface area (Å²) in [6, 6.07) is 13.6. The molecule has 0 aromatic heterocycles. The maximum Gasteiger partial charge on any atom is 0.296 e. The Morgan fingerprint density at radius 1 is 1.03 bits per heavy atom. The molecule has 0 radical (unpaired) electrons. The van der Waals surface area contributed by atoms with Gasteiger partial charge in [-0.1, -0.05) is 18.2 Å². The van der Waals surface area contributed by atoms with Crippen molar-refractivity contribution in [2.75, 3.05) is 58.5 Å². The summed E-state index contributed by atoms with van der Waals surface area (Å²) < 4.78 is 10.6. The van der Waals surface area contributed by atoms with E-state index in [0.29, 0.717) is 48.7 Å². The van der Waals surface area contributed by atoms with Crippen molar-refractivity contribution in [3.63, 3.8) is 0 Å². The van der Waals surface area contributed by atoms with Crippen LogP contribution in [0.15, 0.2) is 54.1 Å². The number of para-hydroxylation sites is 1. The third-order valence-electron chi connectivity index (χ3n) is 7.26. The predicted octanol–water partition coefficient (Wildman–Crippen LogP) is 1.97. The first-order chi connectivity index (χ1) is 17.4. The number of ketones is 1. The van der Waals surface area contributed by atoms with Crippen molar-refractivity contribution < 1.29 is 29.0 Å². The van der Waals surface area contributed by atoms with E-state index >= 15 is 0 Å². The van der Waals surface area contributed by atoms with Gasteiger partial charge in [0.05, 0.1) is 25.9 Å². The second-order valence-corrected chi connectivity index (χ2v) is 9.14. The van der Waals surface area contributed by atoms with E-state index in [1.807, 2.05) is 0 Å². The quantitative estimate of drug-likeness (QED) is 0.375. The van der Waals surface area contributed by atoms with E-state index in [1.165, 1.54) is 16.9 Å². The number of morpholine rings is 1. The first kappa shape index (κ1) is 24.0. The van der Waals surface area contributed by atoms with Gasteiger partial charge in [0.1, 0.15) is 11.5 Å². The molecule has 9 nitrogen and oxygen atoms in total. The molecule has 0 bridgehead atoms. The van der Waals surface area contributed by atoms with Crippen LogP contribution >= 0.6 is 0 Å². The first-order valence-electron chi connectivity index (χ1n) is 12.0. The molecule has 1 N–H and O–H groups in total. The largest absolute Gasteiger partial charge is 0.507 e. The van der Waals surface area contributed by atoms with E-state index in [9.17, 15) is 19.5 Å². The maximum atomic E-state index is 14.0. The number of hydrogen-bond donors (Lipinski definition) is 1. The average molecular weight is 492 g/mol. The molecule has 2 amide bonds. The molecular weight excluding hydrogens is 462 g/mol. The molecule has 188 valence electrons. The van der Waals surface area contributed by atoms with Crippen molar-refractivity contribution in [2.45, 2.75) is 12.0 Å². The van der Waals surface area contributed by atoms with E-state index in [2.05, 4.69) is 4.90 Å². The number of methoxy groups -OCH3 is 1. The second-order valence-electron chi connectivity index (χ2n) is 9.14. The van der Waals surface area contributed by atoms with E-state index in [-0.39, 0.29) is 17.9 Å². The Morgan fingerprint density at radius 2 is 1.72 bits per heavy atom. The van der Waals surface area contributed by atoms with Crippen LogP contribution in [0.4, 0.5) is 5.69 Å². The predicted molar refractivity (Wildman–Crippen MR) is 133 cm³/mol. The molecule has 2 fully saturated rings. The van der Waals surface area contributed by atoms with Crippen LogP contribution < -0.4 is 9.64 Å². The number of Topliss-reactive ketones (excluding diaryl/α,β-unsaturated/α-hetero) is 1. The Labute approximate surface area is 209 Å². The van der Waals surface area contributed by atoms with Gasteiger partial charge in [0.15, 0.2) is 5.54 Å². The minimum Gasteiger partial charge on any atom is -0.507 e. The number of hydrogen-bond acceptors (Lipinski definition) is 7. The zero-order valence-electron chi connectivity index (χ0n) is 20.4. The standard InChI is InChI=1S/C27H29N3O6/c1-28-21-7-4-3-6-20(21)27(26(28)34)22(23(31)18-8-10-19(35-2)11-9-18)24(32)25(33)30(27)13-5-12-29-14-16-36-17-15-29/h3-4,6-11,31H,5,12-17H2,1-2H3/b23-22+. The molecule has 0 aliphatic carbocycles. The molecule has 3 heterocycles. The number of benzene rings is 2. The Balaban J connectivity index is 1.62. The molecule has 9 heteroatoms. The molecule has 2 saturated heterocycles. The maximum absolute atomic E-state index is 14.0. The van der Waals surface area contributed by atoms with E-state index < -0.39 is 23.1 Å². The molecule has 1 spiro atoms. The number of anilines is 1. The van der Waals surface area contributed by atoms with Gasteiger partial charge in [-0.05, 0) is 36.8 Å². The molecule has 5 rings (SSSR count). The van der Waals surface area contributed by atoms with Gasteiger partial charge in [0.2, 0.25) is 0 Å². The SMILES string of the molecule is COc1ccc(/C(O)=C2/C(=O)C(=O)N(CCCN3CCOCC3)C23C(=O)N(C)c2ccccc23)cc1. The number of aliphatic hydroxyl groups is 1. The van der Waals surface area contributed by atoms with Gasteiger partial charge in [0.25, 0.3) is 17.6 Å². The van der Waals surface area contributed by atoms with Crippen LogP contribution in [0.5, 0.6) is 5.75 Å². The number of carbonyl (C=O) groups excluding carboxylic acids is 3. The summed E-state index contributed by atoms with van der Waals surface area (Å²) in [6.45, 7) is 3.80. The minimum absolute atomic E-state index is 0.190. The van der Waals surface area contributed by atoms with Crippen molar-refractivity contribution in [1.29, 1.82) is 0 Å². The van der Waals surface area contributed by atoms with Gasteiger partial charge < -0.3 is 24.4 Å². The number of likely N-dealkylation sites (tertiary alicyclic amines) is 1. The fourth-order valence-corrected chi connectivity index (χ4v) is 5.44. The molecular formula is C27H29N3O6. The van der Waals surface area contributed by atoms with E-state index in [0.717, 1.165) is 13.1 Å². The van der Waals surface area contributed by atoms with Crippen LogP contribution in [0.1, 0.15) is 17.5 Å². The number of amides is 2. The highest BCUT2D eigenvalue weighted by Gasteiger charge is 2.66. The Morgan fingerprint density at radius 3 is 2.42 bits per heavy atom. The fraction of sp³-hybridized carbons (Fsp3) is 0.370. The summed E-state index contributed by atoms with van der Waals surface area (Å²) in [5.74, 6) is -1.90. The lowest BCUT2D eigenvalue weighted by Gasteiger charge is -2.35. The normalized spacial score (nSPS) is 23.6. The van der Waals surface area contributed by atoms with Crippen LogP contribution in [0.2, 0.25) is 0 Å². The van der Waals surface area contributed by atoms with Gasteiger partial charge in [-0.25, -0.2) is 0 Å². The number of carbonyl (C=O) groups is 3. The first-order valence-corrected chi connectivity index (χ1v) is 12.0. The van der Waals surface area contributed by atoms with E-state index in [1.54, 1.807) is 55.6 Å². The van der Waals surface area contributed by atoms with Crippen LogP contribution in [0.25, 0.3) is 5.76 Å². The fourth-order valence-electron chi connectivity index (χ4n) is 5.44. The van der Waals surface area contributed by atoms with Crippen molar-refractivity contribution in [3.8, 4) is 5.75 Å². The van der Waals surface area contributed by atoms with Crippen molar-refractivity contribution >= 4 is 29.0 Å². The average Bonchev–Trinajstić information content (AvgIpc) is 3.27. The minimum atomic E-state index is -1.73. The third kappa shape index (κ3) is 3.58. The highest BCUT2D eigenvalue weighted by Crippen LogP contribution is 2.53. The lowest BCUT2D eigenvalue weighted by atomic mass is 9.82. The summed E-state index contributed by atoms with van der Waals surface area (Å²) in [5.41, 5.74) is -0.498. The second kappa shape index (κ2) is 9.40. The summed E-state index contributed by atoms with van der Waals surface area (Å²) in [7, 11) is 3.15. The van der Waals surface area contributed by atoms with Crippen LogP contribution in [-0.2, 0) is 24.7 Å². The monoisotopic (exact) mass is 491 g/mol. The zero-order chi connectivity index (χ0) is 25.4. The van der Waals surface area contributed by atoms with Crippen LogP contribution in [0.3, 0.4) is 0 Å². The zero-order valence-corrected chi connectivity index (χ0v) is 20.4. The number of fused-ring (bicyclic) bond motifs is 2. The molecule has 2 aromatic carbocycles. The highest BCUT2D eigenvalue weighted by molar-refractivity contribution is 6.50. The molecule has 1 unspecified atom stereocenters. The van der Waals surface area contributed by atoms with Gasteiger partial charge in [-0.15, -0.1) is 0 Å². The summed E-state index contributed by atoms with van der Waals surface area (Å²) in [6.07, 6.45) is 0.566. The molecule has 2 aromatic rings. The van der Waals surface area contributed by atoms with Crippen LogP contribution in [-0.4, -0.2) is 86.1 Å². The van der Waals surface area contributed by atoms with Crippen molar-refractivity contribution in [2.24, 2.45) is 0 Å². The Kier molecular flexibility index (Phi) is 6.27. The van der Waals surface area contributed by atoms with Gasteiger partial charge >= 0.3 is 0 Å². The molecule has 3 aliphatic rings. The number of ether oxygens (including phenoxy) is 2. The van der Waals surface area contributed by atoms with Gasteiger partial charge in [-0.2, -0.15) is 0 Å².